The number of aliphatic hydroxyl groups is 4. The molecule has 342 valence electrons. The zero-order chi connectivity index (χ0) is 45.6. The van der Waals surface area contributed by atoms with Crippen molar-refractivity contribution >= 4 is 61.9 Å². The Bertz CT molecular complexity index is 2500. The Morgan fingerprint density at radius 2 is 1.41 bits per heavy atom. The summed E-state index contributed by atoms with van der Waals surface area (Å²) >= 11 is 0. The maximum absolute atomic E-state index is 15.2. The molecule has 2 unspecified atom stereocenters. The molecule has 5 aliphatic carbocycles. The topological polar surface area (TPSA) is 218 Å². The number of ether oxygens (including phenoxy) is 4. The summed E-state index contributed by atoms with van der Waals surface area (Å²) in [5, 5.41) is 61.3. The molecule has 3 aromatic carbocycles. The average Bonchev–Trinajstić information content (AvgIpc) is 3.42. The Morgan fingerprint density at radius 1 is 0.781 bits per heavy atom. The van der Waals surface area contributed by atoms with E-state index >= 15 is 4.79 Å². The second-order valence-electron chi connectivity index (χ2n) is 18.1. The van der Waals surface area contributed by atoms with E-state index in [4.69, 9.17) is 24.1 Å². The van der Waals surface area contributed by atoms with Crippen LogP contribution < -0.4 is 5.32 Å². The van der Waals surface area contributed by atoms with Crippen molar-refractivity contribution in [2.75, 3.05) is 46.0 Å². The number of carbonyl (C=O) groups is 4. The number of aromatic hydroxyl groups is 1. The summed E-state index contributed by atoms with van der Waals surface area (Å²) in [5.41, 5.74) is 5.13. The van der Waals surface area contributed by atoms with Crippen molar-refractivity contribution in [3.05, 3.63) is 68.5 Å². The van der Waals surface area contributed by atoms with Crippen LogP contribution in [0.15, 0.2) is 35.1 Å². The van der Waals surface area contributed by atoms with Crippen LogP contribution in [-0.4, -0.2) is 95.7 Å². The second kappa shape index (κ2) is 18.8. The molecule has 2 saturated carbocycles. The van der Waals surface area contributed by atoms with Crippen LogP contribution >= 0.6 is 0 Å². The third kappa shape index (κ3) is 7.80. The number of esters is 2. The van der Waals surface area contributed by atoms with Crippen LogP contribution in [0.4, 0.5) is 5.69 Å². The van der Waals surface area contributed by atoms with Gasteiger partial charge in [-0.3, -0.25) is 19.2 Å². The number of anilines is 1. The number of phenolic OH excluding ortho intramolecular Hbond substituents is 1. The van der Waals surface area contributed by atoms with Crippen LogP contribution in [0.2, 0.25) is 0 Å². The molecule has 0 spiro atoms. The molecule has 0 radical (unpaired) electrons. The smallest absolute Gasteiger partial charge is 0.309 e. The summed E-state index contributed by atoms with van der Waals surface area (Å²) in [6.45, 7) is 2.92. The van der Waals surface area contributed by atoms with Gasteiger partial charge in [0, 0.05) is 53.8 Å². The number of hydrogen-bond donors (Lipinski definition) is 6. The van der Waals surface area contributed by atoms with Crippen LogP contribution in [0.3, 0.4) is 0 Å². The Hall–Kier alpha value is -5.12. The first-order valence-corrected chi connectivity index (χ1v) is 22.6. The monoisotopic (exact) mass is 881 g/mol. The van der Waals surface area contributed by atoms with E-state index < -0.39 is 31.0 Å². The van der Waals surface area contributed by atoms with Gasteiger partial charge in [-0.25, -0.2) is 0 Å². The lowest BCUT2D eigenvalue weighted by Gasteiger charge is -2.36. The molecule has 14 nitrogen and oxygen atoms in total. The Balaban J connectivity index is 1.33. The minimum Gasteiger partial charge on any atom is -0.508 e. The van der Waals surface area contributed by atoms with Crippen molar-refractivity contribution in [2.45, 2.75) is 103 Å². The maximum atomic E-state index is 15.2. The van der Waals surface area contributed by atoms with Crippen LogP contribution in [0.5, 0.6) is 5.75 Å². The molecular formula is C50H59NO13. The maximum Gasteiger partial charge on any atom is 0.309 e. The number of ketones is 2. The highest BCUT2D eigenvalue weighted by atomic mass is 16.6. The molecule has 8 rings (SSSR count). The summed E-state index contributed by atoms with van der Waals surface area (Å²) in [6, 6.07) is 3.02. The molecule has 2 atom stereocenters. The number of nitrogens with one attached hydrogen (secondary N) is 1. The number of benzene rings is 3. The van der Waals surface area contributed by atoms with Crippen LogP contribution in [0, 0.1) is 23.7 Å². The van der Waals surface area contributed by atoms with Crippen LogP contribution in [-0.2, 0) is 46.5 Å². The van der Waals surface area contributed by atoms with Gasteiger partial charge < -0.3 is 49.8 Å². The van der Waals surface area contributed by atoms with E-state index in [1.165, 1.54) is 20.1 Å². The highest BCUT2D eigenvalue weighted by Gasteiger charge is 2.45. The van der Waals surface area contributed by atoms with Gasteiger partial charge >= 0.3 is 11.9 Å². The summed E-state index contributed by atoms with van der Waals surface area (Å²) < 4.78 is 21.9. The standard InChI is InChI=1S/C50H59NO13/c1-24-18-32-33(19-26-6-8-27(9-7-26)50(60)64-17-16-61-3)46(57)41-35(56)21-30(23-54)38-37-29(22-53)20-34(51-31-12-10-28(11-13-31)49(59)63-15-5-14-52)40-43(37)44(39(32)42(38)41)45(36(24)25(2)55)48(62-4)47(40)58/h18,20-21,26-28,31,36,46,51-54,56-57H,5-17,19,22-23H2,1-4H3. The minimum absolute atomic E-state index is 0.0137. The van der Waals surface area contributed by atoms with Gasteiger partial charge in [-0.2, -0.15) is 0 Å². The lowest BCUT2D eigenvalue weighted by atomic mass is 9.69. The van der Waals surface area contributed by atoms with Crippen molar-refractivity contribution < 1.29 is 63.7 Å². The van der Waals surface area contributed by atoms with Crippen molar-refractivity contribution in [1.29, 1.82) is 0 Å². The Labute approximate surface area is 371 Å². The molecule has 0 aromatic heterocycles. The number of allylic oxidation sites excluding steroid dienone is 5. The second-order valence-corrected chi connectivity index (χ2v) is 18.1. The van der Waals surface area contributed by atoms with Crippen molar-refractivity contribution in [3.8, 4) is 5.75 Å². The average molecular weight is 882 g/mol. The fourth-order valence-corrected chi connectivity index (χ4v) is 11.3. The molecule has 0 saturated heterocycles. The fraction of sp³-hybridized carbons (Fsp3) is 0.520. The molecule has 3 aromatic rings. The van der Waals surface area contributed by atoms with Crippen molar-refractivity contribution in [3.63, 3.8) is 0 Å². The summed E-state index contributed by atoms with van der Waals surface area (Å²) in [4.78, 5) is 54.9. The molecule has 0 amide bonds. The zero-order valence-corrected chi connectivity index (χ0v) is 37.0. The lowest BCUT2D eigenvalue weighted by molar-refractivity contribution is -0.151. The summed E-state index contributed by atoms with van der Waals surface area (Å²) in [6.07, 6.45) is 6.26. The Morgan fingerprint density at radius 3 is 2.02 bits per heavy atom. The summed E-state index contributed by atoms with van der Waals surface area (Å²) in [7, 11) is 2.96. The molecule has 0 bridgehead atoms. The van der Waals surface area contributed by atoms with Gasteiger partial charge in [0.15, 0.2) is 5.76 Å². The van der Waals surface area contributed by atoms with E-state index in [-0.39, 0.29) is 84.0 Å². The van der Waals surface area contributed by atoms with Crippen molar-refractivity contribution in [1.82, 2.24) is 0 Å². The predicted octanol–water partition coefficient (Wildman–Crippen LogP) is 6.49. The quantitative estimate of drug-likeness (QED) is 0.0516. The largest absolute Gasteiger partial charge is 0.508 e. The highest BCUT2D eigenvalue weighted by molar-refractivity contribution is 6.34. The van der Waals surface area contributed by atoms with E-state index in [0.29, 0.717) is 143 Å². The number of carbonyl (C=O) groups excluding carboxylic acids is 4. The molecule has 14 heteroatoms. The van der Waals surface area contributed by atoms with Gasteiger partial charge in [0.05, 0.1) is 56.9 Å². The van der Waals surface area contributed by atoms with E-state index in [0.717, 1.165) is 0 Å². The van der Waals surface area contributed by atoms with E-state index in [1.807, 2.05) is 13.0 Å². The molecule has 6 N–H and O–H groups in total. The Kier molecular flexibility index (Phi) is 13.3. The number of aliphatic hydroxyl groups excluding tert-OH is 4. The van der Waals surface area contributed by atoms with Crippen LogP contribution in [0.1, 0.15) is 122 Å². The van der Waals surface area contributed by atoms with E-state index in [9.17, 15) is 34.8 Å². The molecule has 2 fully saturated rings. The number of phenols is 1. The van der Waals surface area contributed by atoms with Gasteiger partial charge in [-0.1, -0.05) is 11.6 Å². The summed E-state index contributed by atoms with van der Waals surface area (Å²) in [5.74, 6) is -2.89. The number of Topliss-reactive ketones (excluding diaryl/α,β-unsaturated/α-hetero) is 2. The van der Waals surface area contributed by atoms with Gasteiger partial charge in [0.2, 0.25) is 5.78 Å². The lowest BCUT2D eigenvalue weighted by Crippen LogP contribution is -2.31. The van der Waals surface area contributed by atoms with Gasteiger partial charge in [0.1, 0.15) is 24.2 Å². The number of fused-ring (bicyclic) bond motifs is 1. The first kappa shape index (κ1) is 45.4. The fourth-order valence-electron chi connectivity index (χ4n) is 11.3. The molecule has 0 aliphatic heterocycles. The number of rotatable bonds is 16. The first-order valence-electron chi connectivity index (χ1n) is 22.6. The third-order valence-electron chi connectivity index (χ3n) is 14.3. The number of hydrogen-bond acceptors (Lipinski definition) is 14. The van der Waals surface area contributed by atoms with Gasteiger partial charge in [-0.15, -0.1) is 0 Å². The van der Waals surface area contributed by atoms with Crippen LogP contribution in [0.25, 0.3) is 32.7 Å². The normalized spacial score (nSPS) is 23.9. The van der Waals surface area contributed by atoms with Gasteiger partial charge in [-0.05, 0) is 134 Å². The molecule has 64 heavy (non-hydrogen) atoms. The van der Waals surface area contributed by atoms with E-state index in [2.05, 4.69) is 5.32 Å². The highest BCUT2D eigenvalue weighted by Crippen LogP contribution is 2.59. The molecule has 0 heterocycles. The molecular weight excluding hydrogens is 823 g/mol. The van der Waals surface area contributed by atoms with Crippen molar-refractivity contribution in [2.24, 2.45) is 23.7 Å². The van der Waals surface area contributed by atoms with E-state index in [1.54, 1.807) is 13.2 Å². The predicted molar refractivity (Wildman–Crippen MR) is 238 cm³/mol. The third-order valence-corrected chi connectivity index (χ3v) is 14.3. The first-order chi connectivity index (χ1) is 30.9. The minimum atomic E-state index is -1.29. The van der Waals surface area contributed by atoms with Gasteiger partial charge in [0.25, 0.3) is 0 Å². The number of methoxy groups -OCH3 is 2. The molecule has 5 aliphatic rings. The zero-order valence-electron chi connectivity index (χ0n) is 37.0. The SMILES string of the molecule is COCCOC(=O)C1CCC(CC2=C3C=C(C)C(C(C)=O)C4=C(OC)C(=O)c5c(NC6CCC(C(=O)OCCCO)CC6)cc(CO)c6c5c4c3c3c(c(O)cc(CO)c36)C2O)CC1.